The third kappa shape index (κ3) is 2.98. The Hall–Kier alpha value is -1.74. The summed E-state index contributed by atoms with van der Waals surface area (Å²) in [7, 11) is 1.32. The third-order valence-corrected chi connectivity index (χ3v) is 5.43. The molecule has 0 spiro atoms. The number of nitrogens with zero attached hydrogens (tertiary/aromatic N) is 2. The summed E-state index contributed by atoms with van der Waals surface area (Å²) in [5.41, 5.74) is 6.59. The number of thiophene rings is 1. The normalized spacial score (nSPS) is 16.0. The number of piperidine rings is 1. The summed E-state index contributed by atoms with van der Waals surface area (Å²) < 4.78 is 4.73. The second-order valence-electron chi connectivity index (χ2n) is 5.70. The Balaban J connectivity index is 2.25. The molecule has 0 aromatic carbocycles. The molecule has 21 heavy (non-hydrogen) atoms. The van der Waals surface area contributed by atoms with Gasteiger partial charge in [-0.15, -0.1) is 11.3 Å². The van der Waals surface area contributed by atoms with E-state index in [4.69, 9.17) is 10.5 Å². The van der Waals surface area contributed by atoms with Crippen LogP contribution in [-0.4, -0.2) is 26.2 Å². The van der Waals surface area contributed by atoms with Crippen LogP contribution >= 0.6 is 11.3 Å². The van der Waals surface area contributed by atoms with Gasteiger partial charge in [-0.3, -0.25) is 0 Å². The van der Waals surface area contributed by atoms with E-state index in [1.165, 1.54) is 18.4 Å². The zero-order valence-corrected chi connectivity index (χ0v) is 13.5. The van der Waals surface area contributed by atoms with Crippen molar-refractivity contribution < 1.29 is 9.53 Å². The highest BCUT2D eigenvalue weighted by atomic mass is 32.1. The fourth-order valence-corrected chi connectivity index (χ4v) is 3.92. The Kier molecular flexibility index (Phi) is 4.73. The average molecular weight is 307 g/mol. The first-order valence-electron chi connectivity index (χ1n) is 7.15. The van der Waals surface area contributed by atoms with Crippen molar-refractivity contribution in [2.45, 2.75) is 26.7 Å². The summed E-state index contributed by atoms with van der Waals surface area (Å²) in [6.07, 6.45) is 2.21. The minimum atomic E-state index is -0.475. The molecule has 0 unspecified atom stereocenters. The predicted molar refractivity (Wildman–Crippen MR) is 84.6 cm³/mol. The van der Waals surface area contributed by atoms with Crippen LogP contribution in [0.25, 0.3) is 0 Å². The van der Waals surface area contributed by atoms with Crippen molar-refractivity contribution >= 4 is 28.0 Å². The van der Waals surface area contributed by atoms with Crippen molar-refractivity contribution in [3.05, 3.63) is 10.4 Å². The smallest absolute Gasteiger partial charge is 0.350 e. The van der Waals surface area contributed by atoms with E-state index in [1.807, 2.05) is 0 Å². The van der Waals surface area contributed by atoms with Crippen LogP contribution in [0.3, 0.4) is 0 Å². The summed E-state index contributed by atoms with van der Waals surface area (Å²) >= 11 is 1.26. The standard InChI is InChI=1S/C15H21N3O2S/c1-9(2)10-4-6-18(7-5-10)14-11(8-16)12(17)13(21-14)15(19)20-3/h9-10H,4-7,17H2,1-3H3. The van der Waals surface area contributed by atoms with Gasteiger partial charge in [0.25, 0.3) is 0 Å². The topological polar surface area (TPSA) is 79.3 Å². The molecule has 0 bridgehead atoms. The summed E-state index contributed by atoms with van der Waals surface area (Å²) in [5, 5.41) is 10.1. The molecule has 2 heterocycles. The highest BCUT2D eigenvalue weighted by Crippen LogP contribution is 2.40. The maximum absolute atomic E-state index is 11.7. The van der Waals surface area contributed by atoms with Crippen molar-refractivity contribution in [2.75, 3.05) is 30.8 Å². The van der Waals surface area contributed by atoms with E-state index in [-0.39, 0.29) is 5.69 Å². The molecular weight excluding hydrogens is 286 g/mol. The number of carbonyl (C=O) groups is 1. The molecule has 1 aromatic rings. The van der Waals surface area contributed by atoms with E-state index < -0.39 is 5.97 Å². The fraction of sp³-hybridized carbons (Fsp3) is 0.600. The summed E-state index contributed by atoms with van der Waals surface area (Å²) in [4.78, 5) is 14.2. The second-order valence-corrected chi connectivity index (χ2v) is 6.70. The molecule has 0 aliphatic carbocycles. The Morgan fingerprint density at radius 2 is 2.10 bits per heavy atom. The van der Waals surface area contributed by atoms with Gasteiger partial charge in [0, 0.05) is 13.1 Å². The lowest BCUT2D eigenvalue weighted by Crippen LogP contribution is -2.35. The first-order chi connectivity index (χ1) is 9.99. The average Bonchev–Trinajstić information content (AvgIpc) is 2.83. The Morgan fingerprint density at radius 3 is 2.57 bits per heavy atom. The van der Waals surface area contributed by atoms with Crippen LogP contribution in [0, 0.1) is 23.2 Å². The largest absolute Gasteiger partial charge is 0.465 e. The number of hydrogen-bond acceptors (Lipinski definition) is 6. The number of ether oxygens (including phenoxy) is 1. The number of hydrogen-bond donors (Lipinski definition) is 1. The lowest BCUT2D eigenvalue weighted by atomic mass is 9.87. The first kappa shape index (κ1) is 15.6. The van der Waals surface area contributed by atoms with Gasteiger partial charge < -0.3 is 15.4 Å². The van der Waals surface area contributed by atoms with Crippen molar-refractivity contribution in [3.8, 4) is 6.07 Å². The molecule has 2 rings (SSSR count). The van der Waals surface area contributed by atoms with Gasteiger partial charge in [0.05, 0.1) is 12.8 Å². The van der Waals surface area contributed by atoms with E-state index in [0.29, 0.717) is 16.4 Å². The molecule has 1 fully saturated rings. The van der Waals surface area contributed by atoms with Crippen molar-refractivity contribution in [1.82, 2.24) is 0 Å². The van der Waals surface area contributed by atoms with E-state index in [0.717, 1.165) is 36.9 Å². The number of rotatable bonds is 3. The number of anilines is 2. The first-order valence-corrected chi connectivity index (χ1v) is 7.96. The van der Waals surface area contributed by atoms with Gasteiger partial charge in [0.1, 0.15) is 21.5 Å². The maximum Gasteiger partial charge on any atom is 0.350 e. The molecule has 2 N–H and O–H groups in total. The van der Waals surface area contributed by atoms with Crippen molar-refractivity contribution in [1.29, 1.82) is 5.26 Å². The molecule has 0 radical (unpaired) electrons. The second kappa shape index (κ2) is 6.35. The van der Waals surface area contributed by atoms with Crippen LogP contribution in [0.5, 0.6) is 0 Å². The predicted octanol–water partition coefficient (Wildman–Crippen LogP) is 2.86. The number of nitriles is 1. The molecule has 0 saturated carbocycles. The number of methoxy groups -OCH3 is 1. The zero-order chi connectivity index (χ0) is 15.6. The lowest BCUT2D eigenvalue weighted by Gasteiger charge is -2.34. The SMILES string of the molecule is COC(=O)c1sc(N2CCC(C(C)C)CC2)c(C#N)c1N. The van der Waals surface area contributed by atoms with Gasteiger partial charge in [-0.1, -0.05) is 13.8 Å². The minimum Gasteiger partial charge on any atom is -0.465 e. The highest BCUT2D eigenvalue weighted by molar-refractivity contribution is 7.18. The van der Waals surface area contributed by atoms with Crippen LogP contribution in [0.4, 0.5) is 10.7 Å². The molecule has 1 aliphatic rings. The van der Waals surface area contributed by atoms with Crippen molar-refractivity contribution in [3.63, 3.8) is 0 Å². The van der Waals surface area contributed by atoms with Crippen molar-refractivity contribution in [2.24, 2.45) is 11.8 Å². The summed E-state index contributed by atoms with van der Waals surface area (Å²) in [5.74, 6) is 0.933. The monoisotopic (exact) mass is 307 g/mol. The fourth-order valence-electron chi connectivity index (χ4n) is 2.78. The number of esters is 1. The van der Waals surface area contributed by atoms with E-state index >= 15 is 0 Å². The van der Waals surface area contributed by atoms with E-state index in [9.17, 15) is 10.1 Å². The number of carbonyl (C=O) groups excluding carboxylic acids is 1. The van der Waals surface area contributed by atoms with Gasteiger partial charge >= 0.3 is 5.97 Å². The summed E-state index contributed by atoms with van der Waals surface area (Å²) in [6.45, 7) is 6.30. The van der Waals surface area contributed by atoms with E-state index in [1.54, 1.807) is 0 Å². The molecule has 114 valence electrons. The van der Waals surface area contributed by atoms with Gasteiger partial charge in [-0.25, -0.2) is 4.79 Å². The zero-order valence-electron chi connectivity index (χ0n) is 12.7. The van der Waals surface area contributed by atoms with E-state index in [2.05, 4.69) is 24.8 Å². The maximum atomic E-state index is 11.7. The summed E-state index contributed by atoms with van der Waals surface area (Å²) in [6, 6.07) is 2.13. The molecule has 1 saturated heterocycles. The van der Waals surface area contributed by atoms with Gasteiger partial charge in [0.2, 0.25) is 0 Å². The van der Waals surface area contributed by atoms with Gasteiger partial charge in [-0.05, 0) is 24.7 Å². The Labute approximate surface area is 129 Å². The minimum absolute atomic E-state index is 0.246. The molecule has 5 nitrogen and oxygen atoms in total. The molecular formula is C15H21N3O2S. The Morgan fingerprint density at radius 1 is 1.48 bits per heavy atom. The van der Waals surface area contributed by atoms with Gasteiger partial charge in [-0.2, -0.15) is 5.26 Å². The van der Waals surface area contributed by atoms with Crippen LogP contribution in [0.2, 0.25) is 0 Å². The van der Waals surface area contributed by atoms with Crippen LogP contribution in [-0.2, 0) is 4.74 Å². The molecule has 6 heteroatoms. The molecule has 1 aliphatic heterocycles. The number of nitrogen functional groups attached to an aromatic ring is 1. The quantitative estimate of drug-likeness (QED) is 0.869. The third-order valence-electron chi connectivity index (χ3n) is 4.18. The number of nitrogens with two attached hydrogens (primary N) is 1. The van der Waals surface area contributed by atoms with Crippen LogP contribution in [0.1, 0.15) is 41.9 Å². The lowest BCUT2D eigenvalue weighted by molar-refractivity contribution is 0.0607. The highest BCUT2D eigenvalue weighted by Gasteiger charge is 2.28. The molecule has 0 amide bonds. The molecule has 1 aromatic heterocycles. The molecule has 0 atom stereocenters. The Bertz CT molecular complexity index is 566. The van der Waals surface area contributed by atoms with Crippen LogP contribution < -0.4 is 10.6 Å². The van der Waals surface area contributed by atoms with Crippen LogP contribution in [0.15, 0.2) is 0 Å². The van der Waals surface area contributed by atoms with Gasteiger partial charge in [0.15, 0.2) is 0 Å².